The van der Waals surface area contributed by atoms with Crippen molar-refractivity contribution in [1.29, 1.82) is 0 Å². The van der Waals surface area contributed by atoms with Gasteiger partial charge in [0.1, 0.15) is 17.2 Å². The van der Waals surface area contributed by atoms with Gasteiger partial charge in [0.25, 0.3) is 0 Å². The number of anilines is 1. The lowest BCUT2D eigenvalue weighted by atomic mass is 9.96. The zero-order chi connectivity index (χ0) is 25.7. The minimum atomic E-state index is -4.64. The Morgan fingerprint density at radius 3 is 2.78 bits per heavy atom. The number of nitrogen functional groups attached to an aromatic ring is 1. The van der Waals surface area contributed by atoms with Crippen LogP contribution in [0.1, 0.15) is 36.2 Å². The lowest BCUT2D eigenvalue weighted by Crippen LogP contribution is -2.44. The van der Waals surface area contributed by atoms with E-state index in [1.54, 1.807) is 22.6 Å². The zero-order valence-corrected chi connectivity index (χ0v) is 19.2. The first-order chi connectivity index (χ1) is 17.1. The summed E-state index contributed by atoms with van der Waals surface area (Å²) in [5.41, 5.74) is 5.24. The van der Waals surface area contributed by atoms with Gasteiger partial charge in [-0.25, -0.2) is 14.2 Å². The van der Waals surface area contributed by atoms with Crippen molar-refractivity contribution in [3.63, 3.8) is 0 Å². The molecular weight excluding hydrogens is 482 g/mol. The molecule has 1 fully saturated rings. The summed E-state index contributed by atoms with van der Waals surface area (Å²) in [5, 5.41) is 7.33. The average molecular weight is 505 g/mol. The summed E-state index contributed by atoms with van der Waals surface area (Å²) in [5.74, 6) is -1.09. The van der Waals surface area contributed by atoms with Crippen molar-refractivity contribution in [2.24, 2.45) is 0 Å². The van der Waals surface area contributed by atoms with Crippen LogP contribution in [0.3, 0.4) is 0 Å². The molecule has 5 heterocycles. The van der Waals surface area contributed by atoms with Crippen LogP contribution >= 0.6 is 0 Å². The molecular formula is C23H23F4N7O2. The smallest absolute Gasteiger partial charge is 0.383 e. The maximum atomic E-state index is 13.5. The highest BCUT2D eigenvalue weighted by molar-refractivity contribution is 5.75. The Labute approximate surface area is 203 Å². The summed E-state index contributed by atoms with van der Waals surface area (Å²) < 4.78 is 61.3. The summed E-state index contributed by atoms with van der Waals surface area (Å²) >= 11 is 0. The van der Waals surface area contributed by atoms with Crippen LogP contribution in [0, 0.1) is 5.82 Å². The molecule has 1 spiro atoms. The summed E-state index contributed by atoms with van der Waals surface area (Å²) in [6.07, 6.45) is -0.335. The number of nitrogens with zero attached hydrogens (tertiary/aromatic N) is 5. The normalized spacial score (nSPS) is 20.4. The van der Waals surface area contributed by atoms with Crippen LogP contribution in [0.2, 0.25) is 0 Å². The van der Waals surface area contributed by atoms with Gasteiger partial charge in [0.15, 0.2) is 0 Å². The van der Waals surface area contributed by atoms with Crippen molar-refractivity contribution in [3.8, 4) is 11.3 Å². The molecule has 2 atom stereocenters. The number of nitrogens with one attached hydrogen (secondary N) is 1. The average Bonchev–Trinajstić information content (AvgIpc) is 3.45. The number of aromatic nitrogens is 4. The van der Waals surface area contributed by atoms with E-state index in [1.165, 1.54) is 18.5 Å². The Kier molecular flexibility index (Phi) is 5.81. The van der Waals surface area contributed by atoms with Crippen LogP contribution in [0.25, 0.3) is 11.3 Å². The van der Waals surface area contributed by atoms with Crippen LogP contribution in [0.15, 0.2) is 36.8 Å². The van der Waals surface area contributed by atoms with Crippen LogP contribution in [0.4, 0.5) is 28.2 Å². The van der Waals surface area contributed by atoms with Gasteiger partial charge in [-0.15, -0.1) is 0 Å². The molecule has 2 amide bonds. The molecule has 0 aromatic carbocycles. The number of alkyl halides is 3. The van der Waals surface area contributed by atoms with E-state index in [0.29, 0.717) is 43.1 Å². The van der Waals surface area contributed by atoms with Crippen LogP contribution in [-0.4, -0.2) is 50.4 Å². The number of hydrogen-bond donors (Lipinski definition) is 2. The molecule has 2 aliphatic rings. The minimum Gasteiger partial charge on any atom is -0.383 e. The third kappa shape index (κ3) is 4.34. The number of ether oxygens (including phenoxy) is 1. The Bertz CT molecular complexity index is 1310. The molecule has 0 saturated carbocycles. The number of fused-ring (bicyclic) bond motifs is 2. The molecule has 190 valence electrons. The molecule has 3 aromatic heterocycles. The van der Waals surface area contributed by atoms with Crippen LogP contribution in [0.5, 0.6) is 0 Å². The number of urea groups is 1. The molecule has 0 aliphatic carbocycles. The van der Waals surface area contributed by atoms with Crippen molar-refractivity contribution < 1.29 is 27.1 Å². The number of hydrogen-bond acceptors (Lipinski definition) is 6. The van der Waals surface area contributed by atoms with E-state index in [2.05, 4.69) is 20.4 Å². The molecule has 13 heteroatoms. The largest absolute Gasteiger partial charge is 0.419 e. The number of amides is 2. The van der Waals surface area contributed by atoms with Crippen molar-refractivity contribution in [3.05, 3.63) is 59.4 Å². The van der Waals surface area contributed by atoms with Gasteiger partial charge >= 0.3 is 12.2 Å². The second-order valence-corrected chi connectivity index (χ2v) is 8.91. The number of rotatable bonds is 3. The fourth-order valence-electron chi connectivity index (χ4n) is 4.65. The SMILES string of the molecule is CC(NC(=O)N1CCC2(C1)OCCn1nc(-c3cnc(N)c(C(F)(F)F)c3)cc12)c1cncc(F)c1. The maximum Gasteiger partial charge on any atom is 0.419 e. The molecule has 2 aliphatic heterocycles. The molecule has 0 bridgehead atoms. The van der Waals surface area contributed by atoms with Gasteiger partial charge in [-0.05, 0) is 30.7 Å². The molecule has 1 saturated heterocycles. The predicted molar refractivity (Wildman–Crippen MR) is 120 cm³/mol. The summed E-state index contributed by atoms with van der Waals surface area (Å²) in [6, 6.07) is 3.10. The monoisotopic (exact) mass is 505 g/mol. The number of halogens is 4. The van der Waals surface area contributed by atoms with Gasteiger partial charge in [0, 0.05) is 30.9 Å². The van der Waals surface area contributed by atoms with E-state index in [1.807, 2.05) is 0 Å². The molecule has 3 aromatic rings. The molecule has 2 unspecified atom stereocenters. The fraction of sp³-hybridized carbons (Fsp3) is 0.391. The first-order valence-electron chi connectivity index (χ1n) is 11.3. The van der Waals surface area contributed by atoms with Gasteiger partial charge in [0.2, 0.25) is 0 Å². The number of nitrogens with two attached hydrogens (primary N) is 1. The molecule has 3 N–H and O–H groups in total. The second kappa shape index (κ2) is 8.73. The minimum absolute atomic E-state index is 0.179. The quantitative estimate of drug-likeness (QED) is 0.528. The third-order valence-corrected chi connectivity index (χ3v) is 6.53. The van der Waals surface area contributed by atoms with Gasteiger partial charge < -0.3 is 20.7 Å². The van der Waals surface area contributed by atoms with Crippen LogP contribution in [-0.2, 0) is 23.1 Å². The Morgan fingerprint density at radius 2 is 2.03 bits per heavy atom. The second-order valence-electron chi connectivity index (χ2n) is 8.91. The molecule has 36 heavy (non-hydrogen) atoms. The number of pyridine rings is 2. The van der Waals surface area contributed by atoms with E-state index < -0.39 is 35.0 Å². The van der Waals surface area contributed by atoms with Crippen molar-refractivity contribution in [2.45, 2.75) is 37.7 Å². The van der Waals surface area contributed by atoms with E-state index in [9.17, 15) is 22.4 Å². The number of likely N-dealkylation sites (tertiary alicyclic amines) is 1. The topological polar surface area (TPSA) is 111 Å². The van der Waals surface area contributed by atoms with E-state index in [0.717, 1.165) is 12.3 Å². The summed E-state index contributed by atoms with van der Waals surface area (Å²) in [4.78, 5) is 22.0. The Balaban J connectivity index is 1.36. The Hall–Kier alpha value is -3.74. The molecule has 0 radical (unpaired) electrons. The highest BCUT2D eigenvalue weighted by Gasteiger charge is 2.47. The Morgan fingerprint density at radius 1 is 1.22 bits per heavy atom. The standard InChI is InChI=1S/C23H23F4N7O2/c1-13(14-6-16(24)11-29-9-14)31-21(35)33-3-2-22(12-33)19-8-18(32-34(19)4-5-36-22)15-7-17(23(25,26)27)20(28)30-10-15/h6-11,13H,2-5,12H2,1H3,(H2,28,30)(H,31,35). The first kappa shape index (κ1) is 24.0. The predicted octanol–water partition coefficient (Wildman–Crippen LogP) is 3.48. The molecule has 9 nitrogen and oxygen atoms in total. The van der Waals surface area contributed by atoms with E-state index in [4.69, 9.17) is 10.5 Å². The van der Waals surface area contributed by atoms with Gasteiger partial charge in [-0.3, -0.25) is 9.67 Å². The lowest BCUT2D eigenvalue weighted by molar-refractivity contribution is -0.137. The van der Waals surface area contributed by atoms with Crippen molar-refractivity contribution >= 4 is 11.8 Å². The van der Waals surface area contributed by atoms with Crippen molar-refractivity contribution in [1.82, 2.24) is 30.0 Å². The molecule has 5 rings (SSSR count). The highest BCUT2D eigenvalue weighted by Crippen LogP contribution is 2.41. The van der Waals surface area contributed by atoms with Crippen molar-refractivity contribution in [2.75, 3.05) is 25.4 Å². The first-order valence-corrected chi connectivity index (χ1v) is 11.3. The lowest BCUT2D eigenvalue weighted by Gasteiger charge is -2.34. The van der Waals surface area contributed by atoms with Crippen LogP contribution < -0.4 is 11.1 Å². The zero-order valence-electron chi connectivity index (χ0n) is 19.2. The van der Waals surface area contributed by atoms with E-state index in [-0.39, 0.29) is 18.1 Å². The third-order valence-electron chi connectivity index (χ3n) is 6.53. The van der Waals surface area contributed by atoms with Gasteiger partial charge in [0.05, 0.1) is 48.9 Å². The number of carbonyl (C=O) groups excluding carboxylic acids is 1. The van der Waals surface area contributed by atoms with Gasteiger partial charge in [-0.1, -0.05) is 0 Å². The maximum absolute atomic E-state index is 13.5. The summed E-state index contributed by atoms with van der Waals surface area (Å²) in [7, 11) is 0. The number of carbonyl (C=O) groups is 1. The van der Waals surface area contributed by atoms with Gasteiger partial charge in [-0.2, -0.15) is 18.3 Å². The van der Waals surface area contributed by atoms with E-state index >= 15 is 0 Å². The summed E-state index contributed by atoms with van der Waals surface area (Å²) in [6.45, 7) is 3.10. The fourth-order valence-corrected chi connectivity index (χ4v) is 4.65. The highest BCUT2D eigenvalue weighted by atomic mass is 19.4.